The molecule has 3 aliphatic rings. The Labute approximate surface area is 228 Å². The highest BCUT2D eigenvalue weighted by Gasteiger charge is 2.32. The van der Waals surface area contributed by atoms with Gasteiger partial charge < -0.3 is 24.4 Å². The van der Waals surface area contributed by atoms with Crippen LogP contribution in [-0.2, 0) is 11.2 Å². The number of aromatic nitrogens is 3. The van der Waals surface area contributed by atoms with E-state index in [4.69, 9.17) is 14.7 Å². The van der Waals surface area contributed by atoms with Gasteiger partial charge in [-0.1, -0.05) is 12.1 Å². The van der Waals surface area contributed by atoms with E-state index in [9.17, 15) is 4.79 Å². The van der Waals surface area contributed by atoms with Gasteiger partial charge in [-0.2, -0.15) is 0 Å². The summed E-state index contributed by atoms with van der Waals surface area (Å²) in [7, 11) is 2.23. The molecule has 5 heterocycles. The molecule has 1 amide bonds. The average Bonchev–Trinajstić information content (AvgIpc) is 3.40. The molecule has 3 aliphatic heterocycles. The van der Waals surface area contributed by atoms with Crippen LogP contribution in [0.5, 0.6) is 0 Å². The van der Waals surface area contributed by atoms with E-state index in [0.29, 0.717) is 37.9 Å². The number of piperazine rings is 1. The molecule has 0 spiro atoms. The van der Waals surface area contributed by atoms with E-state index < -0.39 is 0 Å². The lowest BCUT2D eigenvalue weighted by molar-refractivity contribution is 0.0303. The fourth-order valence-electron chi connectivity index (χ4n) is 6.47. The first-order valence-electron chi connectivity index (χ1n) is 14.0. The van der Waals surface area contributed by atoms with Gasteiger partial charge in [0.2, 0.25) is 0 Å². The summed E-state index contributed by atoms with van der Waals surface area (Å²) in [6.45, 7) is 8.04. The minimum atomic E-state index is 0.0523. The second-order valence-electron chi connectivity index (χ2n) is 11.1. The molecule has 2 aromatic carbocycles. The summed E-state index contributed by atoms with van der Waals surface area (Å²) in [6, 6.07) is 13.0. The zero-order valence-corrected chi connectivity index (χ0v) is 22.6. The normalized spacial score (nSPS) is 19.7. The molecule has 39 heavy (non-hydrogen) atoms. The number of morpholine rings is 1. The number of anilines is 1. The number of hydrogen-bond acceptors (Lipinski definition) is 6. The van der Waals surface area contributed by atoms with Crippen LogP contribution in [0, 0.1) is 6.92 Å². The number of fused-ring (bicyclic) bond motifs is 4. The first kappa shape index (κ1) is 24.3. The number of aryl methyl sites for hydroxylation is 2. The van der Waals surface area contributed by atoms with Crippen LogP contribution in [-0.4, -0.2) is 89.7 Å². The number of aromatic amines is 1. The largest absolute Gasteiger partial charge is 0.378 e. The van der Waals surface area contributed by atoms with Gasteiger partial charge in [0.15, 0.2) is 5.65 Å². The lowest BCUT2D eigenvalue weighted by Gasteiger charge is -2.46. The van der Waals surface area contributed by atoms with E-state index in [0.717, 1.165) is 59.6 Å². The van der Waals surface area contributed by atoms with Crippen molar-refractivity contribution < 1.29 is 9.53 Å². The molecule has 0 bridgehead atoms. The van der Waals surface area contributed by atoms with Crippen molar-refractivity contribution in [1.29, 1.82) is 0 Å². The first-order valence-corrected chi connectivity index (χ1v) is 14.0. The summed E-state index contributed by atoms with van der Waals surface area (Å²) < 4.78 is 5.38. The van der Waals surface area contributed by atoms with Crippen LogP contribution >= 0.6 is 0 Å². The lowest BCUT2D eigenvalue weighted by Crippen LogP contribution is -2.54. The minimum Gasteiger partial charge on any atom is -0.378 e. The summed E-state index contributed by atoms with van der Waals surface area (Å²) in [5, 5.41) is 0. The Hall–Kier alpha value is -3.75. The van der Waals surface area contributed by atoms with Crippen molar-refractivity contribution in [3.8, 4) is 22.4 Å². The molecule has 1 atom stereocenters. The van der Waals surface area contributed by atoms with Gasteiger partial charge in [-0.15, -0.1) is 0 Å². The van der Waals surface area contributed by atoms with E-state index in [1.165, 1.54) is 23.2 Å². The fourth-order valence-corrected chi connectivity index (χ4v) is 6.47. The second kappa shape index (κ2) is 9.77. The molecule has 8 nitrogen and oxygen atoms in total. The zero-order valence-electron chi connectivity index (χ0n) is 22.6. The maximum Gasteiger partial charge on any atom is 0.254 e. The van der Waals surface area contributed by atoms with Crippen LogP contribution < -0.4 is 4.90 Å². The topological polar surface area (TPSA) is 77.6 Å². The summed E-state index contributed by atoms with van der Waals surface area (Å²) in [6.07, 6.45) is 6.12. The van der Waals surface area contributed by atoms with Gasteiger partial charge in [0.1, 0.15) is 5.52 Å². The van der Waals surface area contributed by atoms with Crippen molar-refractivity contribution in [3.63, 3.8) is 0 Å². The van der Waals surface area contributed by atoms with Gasteiger partial charge in [0.25, 0.3) is 5.91 Å². The average molecular weight is 523 g/mol. The van der Waals surface area contributed by atoms with Crippen molar-refractivity contribution in [3.05, 3.63) is 65.5 Å². The van der Waals surface area contributed by atoms with Crippen molar-refractivity contribution in [2.45, 2.75) is 25.8 Å². The molecule has 2 fully saturated rings. The molecule has 0 saturated carbocycles. The summed E-state index contributed by atoms with van der Waals surface area (Å²) in [4.78, 5) is 32.9. The third kappa shape index (κ3) is 4.37. The number of likely N-dealkylation sites (N-methyl/N-ethyl adjacent to an activating group) is 1. The van der Waals surface area contributed by atoms with Crippen LogP contribution in [0.25, 0.3) is 33.5 Å². The Bertz CT molecular complexity index is 1540. The molecular formula is C31H34N6O2. The Kier molecular flexibility index (Phi) is 6.09. The molecule has 4 aromatic rings. The van der Waals surface area contributed by atoms with Crippen LogP contribution in [0.3, 0.4) is 0 Å². The van der Waals surface area contributed by atoms with Crippen molar-refractivity contribution in [1.82, 2.24) is 24.8 Å². The molecule has 2 aromatic heterocycles. The molecule has 0 unspecified atom stereocenters. The van der Waals surface area contributed by atoms with Gasteiger partial charge in [-0.3, -0.25) is 4.79 Å². The number of carbonyl (C=O) groups is 1. The first-order chi connectivity index (χ1) is 19.0. The number of ether oxygens (including phenoxy) is 1. The van der Waals surface area contributed by atoms with Crippen LogP contribution in [0.4, 0.5) is 5.69 Å². The van der Waals surface area contributed by atoms with Gasteiger partial charge >= 0.3 is 0 Å². The fraction of sp³-hybridized carbons (Fsp3) is 0.387. The molecule has 0 aliphatic carbocycles. The van der Waals surface area contributed by atoms with Gasteiger partial charge in [-0.05, 0) is 67.8 Å². The standard InChI is InChI=1S/C31H34N6O2/c1-20-15-24(16-23-7-8-25-19-35(2)9-10-37(25)29(20)23)27-18-33-30-28(34-27)26(17-32-30)21-3-5-22(6-4-21)31(38)36-11-13-39-14-12-36/h3-6,15-18,25H,7-14,19H2,1-2H3,(H,32,33)/t25-/m1/s1. The Morgan fingerprint density at radius 2 is 1.87 bits per heavy atom. The van der Waals surface area contributed by atoms with Crippen LogP contribution in [0.15, 0.2) is 48.8 Å². The Balaban J connectivity index is 1.19. The van der Waals surface area contributed by atoms with Crippen molar-refractivity contribution >= 4 is 22.8 Å². The smallest absolute Gasteiger partial charge is 0.254 e. The summed E-state index contributed by atoms with van der Waals surface area (Å²) in [5.74, 6) is 0.0523. The maximum absolute atomic E-state index is 12.9. The molecule has 7 rings (SSSR count). The SMILES string of the molecule is Cc1cc(-c2cnc3[nH]cc(-c4ccc(C(=O)N5CCOCC5)cc4)c3n2)cc2c1N1CCN(C)C[C@H]1CC2. The van der Waals surface area contributed by atoms with E-state index >= 15 is 0 Å². The number of nitrogens with zero attached hydrogens (tertiary/aromatic N) is 5. The predicted octanol–water partition coefficient (Wildman–Crippen LogP) is 4.14. The van der Waals surface area contributed by atoms with Crippen LogP contribution in [0.2, 0.25) is 0 Å². The Morgan fingerprint density at radius 3 is 2.69 bits per heavy atom. The lowest BCUT2D eigenvalue weighted by atomic mass is 9.89. The summed E-state index contributed by atoms with van der Waals surface area (Å²) >= 11 is 0. The van der Waals surface area contributed by atoms with Gasteiger partial charge in [0, 0.05) is 67.3 Å². The van der Waals surface area contributed by atoms with E-state index in [1.807, 2.05) is 41.6 Å². The number of carbonyl (C=O) groups excluding carboxylic acids is 1. The Morgan fingerprint density at radius 1 is 1.05 bits per heavy atom. The number of hydrogen-bond donors (Lipinski definition) is 1. The van der Waals surface area contributed by atoms with Crippen molar-refractivity contribution in [2.75, 3.05) is 57.9 Å². The highest BCUT2D eigenvalue weighted by Crippen LogP contribution is 2.38. The number of H-pyrrole nitrogens is 1. The molecule has 8 heteroatoms. The highest BCUT2D eigenvalue weighted by atomic mass is 16.5. The maximum atomic E-state index is 12.9. The number of benzene rings is 2. The second-order valence-corrected chi connectivity index (χ2v) is 11.1. The quantitative estimate of drug-likeness (QED) is 0.436. The zero-order chi connectivity index (χ0) is 26.5. The van der Waals surface area contributed by atoms with Gasteiger partial charge in [-0.25, -0.2) is 9.97 Å². The number of amides is 1. The van der Waals surface area contributed by atoms with Crippen molar-refractivity contribution in [2.24, 2.45) is 0 Å². The summed E-state index contributed by atoms with van der Waals surface area (Å²) in [5.41, 5.74) is 10.4. The van der Waals surface area contributed by atoms with E-state index in [1.54, 1.807) is 0 Å². The van der Waals surface area contributed by atoms with Crippen LogP contribution in [0.1, 0.15) is 27.9 Å². The number of rotatable bonds is 3. The predicted molar refractivity (Wildman–Crippen MR) is 153 cm³/mol. The monoisotopic (exact) mass is 522 g/mol. The highest BCUT2D eigenvalue weighted by molar-refractivity contribution is 5.96. The van der Waals surface area contributed by atoms with E-state index in [2.05, 4.69) is 40.9 Å². The molecule has 200 valence electrons. The number of nitrogens with one attached hydrogen (secondary N) is 1. The molecule has 1 N–H and O–H groups in total. The van der Waals surface area contributed by atoms with E-state index in [-0.39, 0.29) is 5.91 Å². The van der Waals surface area contributed by atoms with Gasteiger partial charge in [0.05, 0.1) is 25.1 Å². The third-order valence-corrected chi connectivity index (χ3v) is 8.52. The molecular weight excluding hydrogens is 488 g/mol. The molecule has 2 saturated heterocycles. The third-order valence-electron chi connectivity index (χ3n) is 8.52. The molecule has 0 radical (unpaired) electrons. The minimum absolute atomic E-state index is 0.0523.